The molecule has 0 radical (unpaired) electrons. The number of anilines is 1. The van der Waals surface area contributed by atoms with Crippen molar-refractivity contribution in [3.63, 3.8) is 0 Å². The molecule has 1 aliphatic heterocycles. The molecule has 182 valence electrons. The molecule has 1 unspecified atom stereocenters. The smallest absolute Gasteiger partial charge is 0.300 e. The minimum atomic E-state index is -0.785. The van der Waals surface area contributed by atoms with Gasteiger partial charge in [-0.25, -0.2) is 0 Å². The van der Waals surface area contributed by atoms with E-state index in [1.165, 1.54) is 4.90 Å². The topological polar surface area (TPSA) is 73.4 Å². The molecule has 4 aromatic carbocycles. The number of hydrogen-bond acceptors (Lipinski definition) is 3. The number of Topliss-reactive ketones (excluding diaryl/α,β-unsaturated/α-hetero) is 1. The number of hydrogen-bond donors (Lipinski definition) is 2. The Balaban J connectivity index is 1.58. The number of carbonyl (C=O) groups is 2. The molecule has 37 heavy (non-hydrogen) atoms. The van der Waals surface area contributed by atoms with Crippen molar-refractivity contribution in [2.45, 2.75) is 25.8 Å². The van der Waals surface area contributed by atoms with Gasteiger partial charge in [0.1, 0.15) is 5.76 Å². The highest BCUT2D eigenvalue weighted by Crippen LogP contribution is 2.44. The van der Waals surface area contributed by atoms with E-state index in [1.807, 2.05) is 91.1 Å². The number of nitrogens with zero attached hydrogens (tertiary/aromatic N) is 1. The Bertz CT molecular complexity index is 1710. The summed E-state index contributed by atoms with van der Waals surface area (Å²) in [5.74, 6) is -1.20. The zero-order chi connectivity index (χ0) is 25.7. The third kappa shape index (κ3) is 3.71. The Labute approximate surface area is 214 Å². The minimum absolute atomic E-state index is 0.0815. The summed E-state index contributed by atoms with van der Waals surface area (Å²) in [6.45, 7) is 4.22. The average Bonchev–Trinajstić information content (AvgIpc) is 3.46. The summed E-state index contributed by atoms with van der Waals surface area (Å²) in [6, 6.07) is 28.1. The number of carbonyl (C=O) groups excluding carboxylic acids is 2. The van der Waals surface area contributed by atoms with Crippen LogP contribution in [-0.2, 0) is 9.59 Å². The Kier molecular flexibility index (Phi) is 5.41. The molecule has 5 aromatic rings. The van der Waals surface area contributed by atoms with Gasteiger partial charge in [-0.05, 0) is 46.5 Å². The van der Waals surface area contributed by atoms with E-state index in [4.69, 9.17) is 0 Å². The molecule has 0 spiro atoms. The van der Waals surface area contributed by atoms with Crippen LogP contribution in [0.15, 0.2) is 103 Å². The van der Waals surface area contributed by atoms with Gasteiger partial charge in [0.05, 0.1) is 11.6 Å². The van der Waals surface area contributed by atoms with Crippen LogP contribution < -0.4 is 4.90 Å². The maximum Gasteiger partial charge on any atom is 0.300 e. The molecule has 5 heteroatoms. The second-order valence-electron chi connectivity index (χ2n) is 9.77. The van der Waals surface area contributed by atoms with Crippen LogP contribution in [0.2, 0.25) is 0 Å². The van der Waals surface area contributed by atoms with Gasteiger partial charge in [-0.3, -0.25) is 14.5 Å². The number of aliphatic hydroxyl groups excluding tert-OH is 1. The largest absolute Gasteiger partial charge is 0.507 e. The Hall–Kier alpha value is -4.64. The minimum Gasteiger partial charge on any atom is -0.507 e. The van der Waals surface area contributed by atoms with E-state index in [1.54, 1.807) is 6.07 Å². The molecule has 0 aliphatic carbocycles. The van der Waals surface area contributed by atoms with Crippen LogP contribution in [0.1, 0.15) is 42.5 Å². The fourth-order valence-corrected chi connectivity index (χ4v) is 5.23. The number of amides is 1. The van der Waals surface area contributed by atoms with Gasteiger partial charge in [-0.1, -0.05) is 80.6 Å². The summed E-state index contributed by atoms with van der Waals surface area (Å²) in [7, 11) is 0. The first-order chi connectivity index (χ1) is 17.9. The molecule has 2 heterocycles. The summed E-state index contributed by atoms with van der Waals surface area (Å²) >= 11 is 0. The number of benzene rings is 4. The number of aromatic amines is 1. The molecule has 1 amide bonds. The van der Waals surface area contributed by atoms with Gasteiger partial charge in [0.15, 0.2) is 0 Å². The maximum atomic E-state index is 13.6. The van der Waals surface area contributed by atoms with Gasteiger partial charge in [0.2, 0.25) is 0 Å². The van der Waals surface area contributed by atoms with Crippen LogP contribution in [0.3, 0.4) is 0 Å². The number of rotatable bonds is 4. The fourth-order valence-electron chi connectivity index (χ4n) is 5.23. The first-order valence-electron chi connectivity index (χ1n) is 12.4. The lowest BCUT2D eigenvalue weighted by Gasteiger charge is -2.25. The second kappa shape index (κ2) is 8.79. The fraction of sp³-hybridized carbons (Fsp3) is 0.125. The molecule has 5 nitrogen and oxygen atoms in total. The Morgan fingerprint density at radius 2 is 1.57 bits per heavy atom. The third-order valence-electron chi connectivity index (χ3n) is 7.22. The molecule has 6 rings (SSSR count). The SMILES string of the molecule is CC(C)c1ccc(N2C(=O)C(=O)/C(=C(/O)c3ccc4ccccc4c3)C2c2c[nH]c3ccccc23)cc1. The van der Waals surface area contributed by atoms with Crippen molar-refractivity contribution >= 4 is 44.8 Å². The van der Waals surface area contributed by atoms with Gasteiger partial charge in [-0.15, -0.1) is 0 Å². The van der Waals surface area contributed by atoms with E-state index in [9.17, 15) is 14.7 Å². The van der Waals surface area contributed by atoms with Gasteiger partial charge in [0.25, 0.3) is 11.7 Å². The first-order valence-corrected chi connectivity index (χ1v) is 12.4. The van der Waals surface area contributed by atoms with Crippen molar-refractivity contribution < 1.29 is 14.7 Å². The molecule has 1 aliphatic rings. The quantitative estimate of drug-likeness (QED) is 0.162. The number of fused-ring (bicyclic) bond motifs is 2. The van der Waals surface area contributed by atoms with Gasteiger partial charge >= 0.3 is 0 Å². The van der Waals surface area contributed by atoms with Crippen LogP contribution >= 0.6 is 0 Å². The van der Waals surface area contributed by atoms with Gasteiger partial charge in [0, 0.05) is 33.9 Å². The molecule has 0 bridgehead atoms. The molecule has 1 atom stereocenters. The van der Waals surface area contributed by atoms with Gasteiger partial charge < -0.3 is 10.1 Å². The van der Waals surface area contributed by atoms with E-state index in [2.05, 4.69) is 18.8 Å². The van der Waals surface area contributed by atoms with Crippen molar-refractivity contribution in [2.24, 2.45) is 0 Å². The number of aromatic nitrogens is 1. The van der Waals surface area contributed by atoms with Crippen molar-refractivity contribution in [3.05, 3.63) is 119 Å². The van der Waals surface area contributed by atoms with Crippen LogP contribution in [0.25, 0.3) is 27.4 Å². The monoisotopic (exact) mass is 486 g/mol. The number of aliphatic hydroxyl groups is 1. The highest BCUT2D eigenvalue weighted by molar-refractivity contribution is 6.52. The van der Waals surface area contributed by atoms with E-state index in [-0.39, 0.29) is 11.3 Å². The van der Waals surface area contributed by atoms with E-state index in [0.29, 0.717) is 17.2 Å². The van der Waals surface area contributed by atoms with E-state index < -0.39 is 17.7 Å². The second-order valence-corrected chi connectivity index (χ2v) is 9.77. The summed E-state index contributed by atoms with van der Waals surface area (Å²) in [5, 5.41) is 14.4. The summed E-state index contributed by atoms with van der Waals surface area (Å²) in [6.07, 6.45) is 1.82. The standard InChI is InChI=1S/C32H26N2O3/c1-19(2)20-13-15-24(16-14-20)34-29(26-18-33-27-10-6-5-9-25(26)27)28(31(36)32(34)37)30(35)23-12-11-21-7-3-4-8-22(21)17-23/h3-19,29,33,35H,1-2H3/b30-28+. The highest BCUT2D eigenvalue weighted by atomic mass is 16.3. The van der Waals surface area contributed by atoms with E-state index in [0.717, 1.165) is 32.8 Å². The lowest BCUT2D eigenvalue weighted by Crippen LogP contribution is -2.29. The lowest BCUT2D eigenvalue weighted by molar-refractivity contribution is -0.132. The molecule has 1 fully saturated rings. The molecule has 2 N–H and O–H groups in total. The predicted octanol–water partition coefficient (Wildman–Crippen LogP) is 7.07. The maximum absolute atomic E-state index is 13.6. The first kappa shape index (κ1) is 22.8. The lowest BCUT2D eigenvalue weighted by atomic mass is 9.94. The third-order valence-corrected chi connectivity index (χ3v) is 7.22. The molecule has 0 saturated carbocycles. The van der Waals surface area contributed by atoms with Crippen molar-refractivity contribution in [3.8, 4) is 0 Å². The normalized spacial score (nSPS) is 17.4. The average molecular weight is 487 g/mol. The van der Waals surface area contributed by atoms with Crippen LogP contribution in [-0.4, -0.2) is 21.8 Å². The zero-order valence-corrected chi connectivity index (χ0v) is 20.6. The van der Waals surface area contributed by atoms with Crippen LogP contribution in [0.5, 0.6) is 0 Å². The molecule has 1 saturated heterocycles. The summed E-state index contributed by atoms with van der Waals surface area (Å²) in [5.41, 5.74) is 3.98. The van der Waals surface area contributed by atoms with Gasteiger partial charge in [-0.2, -0.15) is 0 Å². The Morgan fingerprint density at radius 3 is 2.32 bits per heavy atom. The molecule has 1 aromatic heterocycles. The van der Waals surface area contributed by atoms with E-state index >= 15 is 0 Å². The molecular formula is C32H26N2O3. The summed E-state index contributed by atoms with van der Waals surface area (Å²) < 4.78 is 0. The van der Waals surface area contributed by atoms with Crippen molar-refractivity contribution in [1.82, 2.24) is 4.98 Å². The number of H-pyrrole nitrogens is 1. The Morgan fingerprint density at radius 1 is 0.865 bits per heavy atom. The van der Waals surface area contributed by atoms with Crippen molar-refractivity contribution in [1.29, 1.82) is 0 Å². The van der Waals surface area contributed by atoms with Crippen LogP contribution in [0.4, 0.5) is 5.69 Å². The predicted molar refractivity (Wildman–Crippen MR) is 148 cm³/mol. The highest BCUT2D eigenvalue weighted by Gasteiger charge is 2.47. The number of nitrogens with one attached hydrogen (secondary N) is 1. The van der Waals surface area contributed by atoms with Crippen molar-refractivity contribution in [2.75, 3.05) is 4.90 Å². The zero-order valence-electron chi connectivity index (χ0n) is 20.6. The van der Waals surface area contributed by atoms with Crippen LogP contribution in [0, 0.1) is 0 Å². The number of para-hydroxylation sites is 1. The number of ketones is 1. The molecular weight excluding hydrogens is 460 g/mol. The summed E-state index contributed by atoms with van der Waals surface area (Å²) in [4.78, 5) is 31.9.